The van der Waals surface area contributed by atoms with E-state index >= 15 is 0 Å². The van der Waals surface area contributed by atoms with Crippen molar-refractivity contribution in [3.8, 4) is 0 Å². The number of nitrogens with zero attached hydrogens (tertiary/aromatic N) is 1. The number of hydrogen-bond acceptors (Lipinski definition) is 5. The zero-order valence-corrected chi connectivity index (χ0v) is 11.0. The van der Waals surface area contributed by atoms with E-state index in [9.17, 15) is 4.79 Å². The van der Waals surface area contributed by atoms with Gasteiger partial charge in [-0.1, -0.05) is 6.42 Å². The lowest BCUT2D eigenvalue weighted by Crippen LogP contribution is -2.32. The molecule has 0 bridgehead atoms. The molecule has 1 aliphatic rings. The summed E-state index contributed by atoms with van der Waals surface area (Å²) in [6.45, 7) is 0.711. The Morgan fingerprint density at radius 3 is 3.17 bits per heavy atom. The van der Waals surface area contributed by atoms with Crippen LogP contribution in [0.5, 0.6) is 0 Å². The van der Waals surface area contributed by atoms with E-state index in [0.29, 0.717) is 23.0 Å². The van der Waals surface area contributed by atoms with E-state index in [2.05, 4.69) is 15.7 Å². The Kier molecular flexibility index (Phi) is 4.83. The zero-order chi connectivity index (χ0) is 12.8. The quantitative estimate of drug-likeness (QED) is 0.567. The minimum atomic E-state index is -0.123. The molecule has 18 heavy (non-hydrogen) atoms. The van der Waals surface area contributed by atoms with E-state index in [1.165, 1.54) is 31.2 Å². The molecule has 0 aliphatic carbocycles. The van der Waals surface area contributed by atoms with Crippen molar-refractivity contribution in [3.05, 3.63) is 24.0 Å². The summed E-state index contributed by atoms with van der Waals surface area (Å²) in [5.74, 6) is 6.44. The highest BCUT2D eigenvalue weighted by Crippen LogP contribution is 2.24. The van der Waals surface area contributed by atoms with Gasteiger partial charge in [-0.05, 0) is 24.7 Å². The third-order valence-electron chi connectivity index (χ3n) is 2.99. The molecule has 98 valence electrons. The smallest absolute Gasteiger partial charge is 0.255 e. The Hall–Kier alpha value is -1.27. The fourth-order valence-corrected chi connectivity index (χ4v) is 3.21. The first kappa shape index (κ1) is 13.2. The summed E-state index contributed by atoms with van der Waals surface area (Å²) in [5, 5.41) is 3.48. The highest BCUT2D eigenvalue weighted by Gasteiger charge is 2.16. The molecule has 1 aliphatic heterocycles. The van der Waals surface area contributed by atoms with Crippen LogP contribution in [0, 0.1) is 0 Å². The zero-order valence-electron chi connectivity index (χ0n) is 10.2. The van der Waals surface area contributed by atoms with E-state index in [4.69, 9.17) is 5.84 Å². The summed E-state index contributed by atoms with van der Waals surface area (Å²) in [6.07, 6.45) is 6.86. The minimum Gasteiger partial charge on any atom is -0.351 e. The van der Waals surface area contributed by atoms with Crippen molar-refractivity contribution >= 4 is 23.4 Å². The third-order valence-corrected chi connectivity index (χ3v) is 4.38. The number of rotatable bonds is 4. The Morgan fingerprint density at radius 1 is 1.56 bits per heavy atom. The molecule has 1 saturated heterocycles. The van der Waals surface area contributed by atoms with Crippen molar-refractivity contribution in [3.63, 3.8) is 0 Å². The predicted molar refractivity (Wildman–Crippen MR) is 74.5 cm³/mol. The predicted octanol–water partition coefficient (Wildman–Crippen LogP) is 1.38. The molecule has 1 unspecified atom stereocenters. The van der Waals surface area contributed by atoms with Gasteiger partial charge in [0.05, 0.1) is 11.3 Å². The SMILES string of the molecule is NNc1ccncc1C(=O)NCC1CCCCS1. The fraction of sp³-hybridized carbons (Fsp3) is 0.500. The molecular formula is C12H18N4OS. The van der Waals surface area contributed by atoms with Crippen LogP contribution in [-0.4, -0.2) is 28.4 Å². The highest BCUT2D eigenvalue weighted by molar-refractivity contribution is 7.99. The molecule has 0 radical (unpaired) electrons. The summed E-state index contributed by atoms with van der Waals surface area (Å²) in [5.41, 5.74) is 3.59. The first-order chi connectivity index (χ1) is 8.81. The molecule has 0 aromatic carbocycles. The lowest BCUT2D eigenvalue weighted by atomic mass is 10.2. The number of amides is 1. The molecule has 1 fully saturated rings. The van der Waals surface area contributed by atoms with Crippen molar-refractivity contribution in [1.29, 1.82) is 0 Å². The number of anilines is 1. The van der Waals surface area contributed by atoms with Gasteiger partial charge in [0.2, 0.25) is 0 Å². The van der Waals surface area contributed by atoms with Gasteiger partial charge in [-0.3, -0.25) is 15.6 Å². The Morgan fingerprint density at radius 2 is 2.44 bits per heavy atom. The van der Waals surface area contributed by atoms with Crippen molar-refractivity contribution in [2.24, 2.45) is 5.84 Å². The molecule has 1 amide bonds. The van der Waals surface area contributed by atoms with Gasteiger partial charge >= 0.3 is 0 Å². The molecule has 2 rings (SSSR count). The van der Waals surface area contributed by atoms with Gasteiger partial charge in [-0.25, -0.2) is 0 Å². The van der Waals surface area contributed by atoms with Crippen LogP contribution >= 0.6 is 11.8 Å². The fourth-order valence-electron chi connectivity index (χ4n) is 1.97. The van der Waals surface area contributed by atoms with Crippen molar-refractivity contribution in [2.45, 2.75) is 24.5 Å². The van der Waals surface area contributed by atoms with Gasteiger partial charge in [-0.15, -0.1) is 0 Å². The number of thioether (sulfide) groups is 1. The molecule has 1 aromatic rings. The second kappa shape index (κ2) is 6.61. The average molecular weight is 266 g/mol. The van der Waals surface area contributed by atoms with Gasteiger partial charge in [0.1, 0.15) is 0 Å². The number of aromatic nitrogens is 1. The second-order valence-electron chi connectivity index (χ2n) is 4.26. The molecule has 1 aromatic heterocycles. The summed E-state index contributed by atoms with van der Waals surface area (Å²) in [6, 6.07) is 1.68. The van der Waals surface area contributed by atoms with Crippen LogP contribution in [0.4, 0.5) is 5.69 Å². The summed E-state index contributed by atoms with van der Waals surface area (Å²) in [4.78, 5) is 16.0. The largest absolute Gasteiger partial charge is 0.351 e. The molecular weight excluding hydrogens is 248 g/mol. The third kappa shape index (κ3) is 3.36. The van der Waals surface area contributed by atoms with E-state index in [-0.39, 0.29) is 5.91 Å². The maximum absolute atomic E-state index is 12.0. The van der Waals surface area contributed by atoms with Crippen molar-refractivity contribution < 1.29 is 4.79 Å². The van der Waals surface area contributed by atoms with Crippen LogP contribution in [0.15, 0.2) is 18.5 Å². The number of carbonyl (C=O) groups is 1. The minimum absolute atomic E-state index is 0.123. The average Bonchev–Trinajstić information content (AvgIpc) is 2.45. The van der Waals surface area contributed by atoms with Crippen LogP contribution < -0.4 is 16.6 Å². The topological polar surface area (TPSA) is 80.0 Å². The monoisotopic (exact) mass is 266 g/mol. The molecule has 4 N–H and O–H groups in total. The maximum Gasteiger partial charge on any atom is 0.255 e. The van der Waals surface area contributed by atoms with Gasteiger partial charge in [0.25, 0.3) is 5.91 Å². The lowest BCUT2D eigenvalue weighted by Gasteiger charge is -2.21. The molecule has 5 nitrogen and oxygen atoms in total. The van der Waals surface area contributed by atoms with Crippen LogP contribution in [-0.2, 0) is 0 Å². The molecule has 0 spiro atoms. The van der Waals surface area contributed by atoms with Gasteiger partial charge in [0, 0.05) is 24.2 Å². The second-order valence-corrected chi connectivity index (χ2v) is 5.67. The summed E-state index contributed by atoms with van der Waals surface area (Å²) < 4.78 is 0. The number of nitrogens with two attached hydrogens (primary N) is 1. The normalized spacial score (nSPS) is 19.3. The lowest BCUT2D eigenvalue weighted by molar-refractivity contribution is 0.0954. The van der Waals surface area contributed by atoms with Crippen LogP contribution in [0.2, 0.25) is 0 Å². The number of nitrogens with one attached hydrogen (secondary N) is 2. The number of pyridine rings is 1. The van der Waals surface area contributed by atoms with Crippen molar-refractivity contribution in [2.75, 3.05) is 17.7 Å². The van der Waals surface area contributed by atoms with Crippen LogP contribution in [0.25, 0.3) is 0 Å². The van der Waals surface area contributed by atoms with E-state index in [0.717, 1.165) is 0 Å². The van der Waals surface area contributed by atoms with Crippen molar-refractivity contribution in [1.82, 2.24) is 10.3 Å². The van der Waals surface area contributed by atoms with E-state index < -0.39 is 0 Å². The van der Waals surface area contributed by atoms with Gasteiger partial charge in [-0.2, -0.15) is 11.8 Å². The highest BCUT2D eigenvalue weighted by atomic mass is 32.2. The number of carbonyl (C=O) groups excluding carboxylic acids is 1. The van der Waals surface area contributed by atoms with Crippen LogP contribution in [0.3, 0.4) is 0 Å². The van der Waals surface area contributed by atoms with Gasteiger partial charge in [0.15, 0.2) is 0 Å². The van der Waals surface area contributed by atoms with Gasteiger partial charge < -0.3 is 10.7 Å². The number of hydrogen-bond donors (Lipinski definition) is 3. The van der Waals surface area contributed by atoms with E-state index in [1.54, 1.807) is 12.3 Å². The molecule has 6 heteroatoms. The molecule has 2 heterocycles. The number of nitrogen functional groups attached to an aromatic ring is 1. The first-order valence-electron chi connectivity index (χ1n) is 6.11. The Balaban J connectivity index is 1.90. The number of hydrazine groups is 1. The van der Waals surface area contributed by atoms with Crippen LogP contribution in [0.1, 0.15) is 29.6 Å². The Bertz CT molecular complexity index is 407. The van der Waals surface area contributed by atoms with E-state index in [1.807, 2.05) is 11.8 Å². The standard InChI is InChI=1S/C12H18N4OS/c13-16-11-4-5-14-8-10(11)12(17)15-7-9-3-1-2-6-18-9/h4-5,8-9H,1-3,6-7,13H2,(H,14,16)(H,15,17). The molecule has 0 saturated carbocycles. The first-order valence-corrected chi connectivity index (χ1v) is 7.16. The summed E-state index contributed by atoms with van der Waals surface area (Å²) >= 11 is 1.94. The molecule has 1 atom stereocenters. The maximum atomic E-state index is 12.0. The summed E-state index contributed by atoms with van der Waals surface area (Å²) in [7, 11) is 0. The Labute approximate surface area is 111 Å².